The van der Waals surface area contributed by atoms with Crippen LogP contribution in [0.15, 0.2) is 0 Å². The summed E-state index contributed by atoms with van der Waals surface area (Å²) in [6.07, 6.45) is 5.11. The molecule has 1 heterocycles. The Bertz CT molecular complexity index is 443. The number of nitrogens with zero attached hydrogens (tertiary/aromatic N) is 2. The molecule has 0 atom stereocenters. The van der Waals surface area contributed by atoms with Crippen molar-refractivity contribution >= 4 is 11.6 Å². The first-order valence-electron chi connectivity index (χ1n) is 6.82. The highest BCUT2D eigenvalue weighted by Crippen LogP contribution is 2.29. The van der Waals surface area contributed by atoms with Gasteiger partial charge in [-0.1, -0.05) is 19.3 Å². The van der Waals surface area contributed by atoms with Crippen LogP contribution in [0.5, 0.6) is 0 Å². The molecule has 106 valence electrons. The van der Waals surface area contributed by atoms with Gasteiger partial charge in [0.05, 0.1) is 5.60 Å². The lowest BCUT2D eigenvalue weighted by atomic mass is 9.85. The first-order valence-corrected chi connectivity index (χ1v) is 6.82. The number of nitrogens with two attached hydrogens (primary N) is 1. The Hall–Kier alpha value is -1.40. The van der Waals surface area contributed by atoms with Gasteiger partial charge in [-0.3, -0.25) is 0 Å². The van der Waals surface area contributed by atoms with Gasteiger partial charge in [-0.15, -0.1) is 0 Å². The Labute approximate surface area is 113 Å². The molecule has 1 aliphatic rings. The van der Waals surface area contributed by atoms with E-state index in [1.165, 1.54) is 6.42 Å². The SMILES string of the molecule is Cc1nc(NN)c(C)c(NCC2(O)CCCCC2)n1. The highest BCUT2D eigenvalue weighted by molar-refractivity contribution is 5.56. The van der Waals surface area contributed by atoms with E-state index in [9.17, 15) is 5.11 Å². The minimum Gasteiger partial charge on any atom is -0.388 e. The fraction of sp³-hybridized carbons (Fsp3) is 0.692. The summed E-state index contributed by atoms with van der Waals surface area (Å²) in [5, 5.41) is 13.7. The molecule has 6 heteroatoms. The summed E-state index contributed by atoms with van der Waals surface area (Å²) in [7, 11) is 0. The third-order valence-electron chi connectivity index (χ3n) is 3.76. The topological polar surface area (TPSA) is 96.1 Å². The van der Waals surface area contributed by atoms with E-state index < -0.39 is 5.60 Å². The van der Waals surface area contributed by atoms with Gasteiger partial charge in [0.15, 0.2) is 0 Å². The molecular formula is C13H23N5O. The zero-order chi connectivity index (χ0) is 13.9. The average Bonchev–Trinajstić information content (AvgIpc) is 2.40. The van der Waals surface area contributed by atoms with Gasteiger partial charge in [-0.2, -0.15) is 0 Å². The van der Waals surface area contributed by atoms with Gasteiger partial charge in [0.2, 0.25) is 0 Å². The molecule has 0 aliphatic heterocycles. The van der Waals surface area contributed by atoms with Crippen LogP contribution in [-0.4, -0.2) is 27.2 Å². The van der Waals surface area contributed by atoms with Gasteiger partial charge < -0.3 is 15.8 Å². The van der Waals surface area contributed by atoms with Gasteiger partial charge in [-0.05, 0) is 26.7 Å². The molecule has 1 saturated carbocycles. The highest BCUT2D eigenvalue weighted by atomic mass is 16.3. The molecule has 5 N–H and O–H groups in total. The van der Waals surface area contributed by atoms with E-state index >= 15 is 0 Å². The second-order valence-electron chi connectivity index (χ2n) is 5.38. The van der Waals surface area contributed by atoms with Gasteiger partial charge in [0.25, 0.3) is 0 Å². The van der Waals surface area contributed by atoms with Crippen molar-refractivity contribution in [3.8, 4) is 0 Å². The standard InChI is InChI=1S/C13H23N5O/c1-9-11(16-10(2)17-12(9)18-14)15-8-13(19)6-4-3-5-7-13/h19H,3-8,14H2,1-2H3,(H2,15,16,17,18). The molecule has 2 rings (SSSR count). The lowest BCUT2D eigenvalue weighted by Crippen LogP contribution is -2.39. The van der Waals surface area contributed by atoms with Crippen molar-refractivity contribution in [1.29, 1.82) is 0 Å². The lowest BCUT2D eigenvalue weighted by molar-refractivity contribution is 0.0166. The Morgan fingerprint density at radius 1 is 1.16 bits per heavy atom. The molecule has 0 saturated heterocycles. The van der Waals surface area contributed by atoms with Crippen LogP contribution in [-0.2, 0) is 0 Å². The number of nitrogens with one attached hydrogen (secondary N) is 2. The predicted octanol–water partition coefficient (Wildman–Crippen LogP) is 1.49. The number of hydrogen-bond donors (Lipinski definition) is 4. The van der Waals surface area contributed by atoms with Crippen LogP contribution in [0.25, 0.3) is 0 Å². The van der Waals surface area contributed by atoms with Crippen LogP contribution in [0.1, 0.15) is 43.5 Å². The Kier molecular flexibility index (Phi) is 4.21. The number of aryl methyl sites for hydroxylation is 1. The van der Waals surface area contributed by atoms with Crippen LogP contribution < -0.4 is 16.6 Å². The normalized spacial score (nSPS) is 18.1. The highest BCUT2D eigenvalue weighted by Gasteiger charge is 2.29. The Morgan fingerprint density at radius 2 is 1.79 bits per heavy atom. The van der Waals surface area contributed by atoms with Crippen molar-refractivity contribution in [3.05, 3.63) is 11.4 Å². The van der Waals surface area contributed by atoms with E-state index in [2.05, 4.69) is 20.7 Å². The smallest absolute Gasteiger partial charge is 0.148 e. The Balaban J connectivity index is 2.08. The van der Waals surface area contributed by atoms with Crippen LogP contribution in [0.4, 0.5) is 11.6 Å². The molecule has 19 heavy (non-hydrogen) atoms. The van der Waals surface area contributed by atoms with Crippen LogP contribution in [0.2, 0.25) is 0 Å². The molecule has 0 aromatic carbocycles. The fourth-order valence-corrected chi connectivity index (χ4v) is 2.58. The number of hydrazine groups is 1. The van der Waals surface area contributed by atoms with E-state index in [4.69, 9.17) is 5.84 Å². The summed E-state index contributed by atoms with van der Waals surface area (Å²) in [6.45, 7) is 4.25. The number of hydrogen-bond acceptors (Lipinski definition) is 6. The van der Waals surface area contributed by atoms with E-state index in [1.54, 1.807) is 0 Å². The number of nitrogen functional groups attached to an aromatic ring is 1. The molecule has 1 aromatic heterocycles. The first kappa shape index (κ1) is 14.0. The number of aliphatic hydroxyl groups is 1. The molecule has 6 nitrogen and oxygen atoms in total. The number of rotatable bonds is 4. The quantitative estimate of drug-likeness (QED) is 0.486. The minimum atomic E-state index is -0.611. The zero-order valence-electron chi connectivity index (χ0n) is 11.7. The second kappa shape index (κ2) is 5.71. The Morgan fingerprint density at radius 3 is 2.42 bits per heavy atom. The summed E-state index contributed by atoms with van der Waals surface area (Å²) in [5.74, 6) is 7.44. The molecule has 0 unspecified atom stereocenters. The van der Waals surface area contributed by atoms with Crippen LogP contribution >= 0.6 is 0 Å². The van der Waals surface area contributed by atoms with Crippen molar-refractivity contribution in [2.75, 3.05) is 17.3 Å². The van der Waals surface area contributed by atoms with Crippen molar-refractivity contribution in [1.82, 2.24) is 9.97 Å². The maximum Gasteiger partial charge on any atom is 0.148 e. The first-order chi connectivity index (χ1) is 9.04. The molecular weight excluding hydrogens is 242 g/mol. The van der Waals surface area contributed by atoms with Crippen molar-refractivity contribution < 1.29 is 5.11 Å². The summed E-state index contributed by atoms with van der Waals surface area (Å²) < 4.78 is 0. The minimum absolute atomic E-state index is 0.522. The van der Waals surface area contributed by atoms with Gasteiger partial charge in [0, 0.05) is 12.1 Å². The molecule has 0 spiro atoms. The van der Waals surface area contributed by atoms with Crippen molar-refractivity contribution in [2.45, 2.75) is 51.6 Å². The summed E-state index contributed by atoms with van der Waals surface area (Å²) in [5.41, 5.74) is 2.83. The molecule has 0 bridgehead atoms. The van der Waals surface area contributed by atoms with Crippen molar-refractivity contribution in [3.63, 3.8) is 0 Å². The largest absolute Gasteiger partial charge is 0.388 e. The van der Waals surface area contributed by atoms with E-state index in [1.807, 2.05) is 13.8 Å². The number of anilines is 2. The van der Waals surface area contributed by atoms with Gasteiger partial charge in [-0.25, -0.2) is 15.8 Å². The summed E-state index contributed by atoms with van der Waals surface area (Å²) in [4.78, 5) is 8.58. The summed E-state index contributed by atoms with van der Waals surface area (Å²) >= 11 is 0. The van der Waals surface area contributed by atoms with Crippen LogP contribution in [0.3, 0.4) is 0 Å². The maximum absolute atomic E-state index is 10.5. The van der Waals surface area contributed by atoms with Crippen molar-refractivity contribution in [2.24, 2.45) is 5.84 Å². The monoisotopic (exact) mass is 265 g/mol. The molecule has 0 amide bonds. The fourth-order valence-electron chi connectivity index (χ4n) is 2.58. The van der Waals surface area contributed by atoms with E-state index in [-0.39, 0.29) is 0 Å². The third kappa shape index (κ3) is 3.33. The van der Waals surface area contributed by atoms with Crippen LogP contribution in [0, 0.1) is 13.8 Å². The molecule has 0 radical (unpaired) electrons. The van der Waals surface area contributed by atoms with E-state index in [0.29, 0.717) is 18.2 Å². The molecule has 1 aromatic rings. The summed E-state index contributed by atoms with van der Waals surface area (Å²) in [6, 6.07) is 0. The average molecular weight is 265 g/mol. The number of aromatic nitrogens is 2. The zero-order valence-corrected chi connectivity index (χ0v) is 11.7. The predicted molar refractivity (Wildman–Crippen MR) is 75.8 cm³/mol. The maximum atomic E-state index is 10.5. The van der Waals surface area contributed by atoms with Gasteiger partial charge in [0.1, 0.15) is 17.5 Å². The van der Waals surface area contributed by atoms with Gasteiger partial charge >= 0.3 is 0 Å². The molecule has 1 aliphatic carbocycles. The lowest BCUT2D eigenvalue weighted by Gasteiger charge is -2.32. The van der Waals surface area contributed by atoms with E-state index in [0.717, 1.165) is 37.1 Å². The third-order valence-corrected chi connectivity index (χ3v) is 3.76. The molecule has 1 fully saturated rings. The second-order valence-corrected chi connectivity index (χ2v) is 5.38.